The summed E-state index contributed by atoms with van der Waals surface area (Å²) in [5.41, 5.74) is 8.65. The van der Waals surface area contributed by atoms with Gasteiger partial charge in [0.1, 0.15) is 0 Å². The van der Waals surface area contributed by atoms with Crippen molar-refractivity contribution in [3.8, 4) is 0 Å². The van der Waals surface area contributed by atoms with Crippen LogP contribution in [0.3, 0.4) is 0 Å². The molecule has 3 N–H and O–H groups in total. The van der Waals surface area contributed by atoms with Gasteiger partial charge in [-0.1, -0.05) is 0 Å². The second kappa shape index (κ2) is 2.82. The van der Waals surface area contributed by atoms with Crippen molar-refractivity contribution in [1.29, 1.82) is 0 Å². The Morgan fingerprint density at radius 2 is 2.00 bits per heavy atom. The van der Waals surface area contributed by atoms with E-state index < -0.39 is 0 Å². The van der Waals surface area contributed by atoms with Crippen molar-refractivity contribution >= 4 is 16.9 Å². The van der Waals surface area contributed by atoms with Crippen LogP contribution in [0.5, 0.6) is 0 Å². The molecule has 1 heterocycles. The first-order chi connectivity index (χ1) is 7.24. The zero-order valence-electron chi connectivity index (χ0n) is 8.21. The Hall–Kier alpha value is -1.84. The molecule has 1 aliphatic rings. The number of hydrogen-bond acceptors (Lipinski definition) is 3. The summed E-state index contributed by atoms with van der Waals surface area (Å²) in [5, 5.41) is 0.643. The van der Waals surface area contributed by atoms with Crippen molar-refractivity contribution in [3.63, 3.8) is 0 Å². The van der Waals surface area contributed by atoms with Gasteiger partial charge < -0.3 is 5.73 Å². The highest BCUT2D eigenvalue weighted by molar-refractivity contribution is 5.80. The van der Waals surface area contributed by atoms with Crippen LogP contribution in [0.15, 0.2) is 16.9 Å². The van der Waals surface area contributed by atoms with E-state index in [1.807, 2.05) is 12.1 Å². The minimum atomic E-state index is -0.146. The third-order valence-corrected chi connectivity index (χ3v) is 2.94. The highest BCUT2D eigenvalue weighted by Gasteiger charge is 2.13. The fourth-order valence-corrected chi connectivity index (χ4v) is 2.23. The average Bonchev–Trinajstić information content (AvgIpc) is 2.61. The van der Waals surface area contributed by atoms with E-state index >= 15 is 0 Å². The summed E-state index contributed by atoms with van der Waals surface area (Å²) in [4.78, 5) is 18.3. The number of nitrogen functional groups attached to an aromatic ring is 1. The number of benzene rings is 1. The van der Waals surface area contributed by atoms with Gasteiger partial charge in [-0.3, -0.25) is 9.78 Å². The topological polar surface area (TPSA) is 71.8 Å². The Balaban J connectivity index is 2.43. The summed E-state index contributed by atoms with van der Waals surface area (Å²) in [6.45, 7) is 0. The first-order valence-electron chi connectivity index (χ1n) is 5.05. The van der Waals surface area contributed by atoms with Gasteiger partial charge in [0.05, 0.1) is 10.9 Å². The van der Waals surface area contributed by atoms with Crippen LogP contribution in [0.25, 0.3) is 10.9 Å². The number of aromatic amines is 1. The number of anilines is 1. The van der Waals surface area contributed by atoms with Crippen LogP contribution in [0.1, 0.15) is 17.5 Å². The molecule has 0 amide bonds. The maximum atomic E-state index is 11.6. The van der Waals surface area contributed by atoms with Crippen LogP contribution in [0.4, 0.5) is 5.95 Å². The standard InChI is InChI=1S/C11H11N3O/c12-11-13-9-5-7-3-1-2-6(7)4-8(9)10(15)14-11/h4-5H,1-3H2,(H3,12,13,14,15). The Morgan fingerprint density at radius 3 is 2.80 bits per heavy atom. The number of nitrogens with zero attached hydrogens (tertiary/aromatic N) is 1. The van der Waals surface area contributed by atoms with Gasteiger partial charge in [-0.05, 0) is 42.5 Å². The van der Waals surface area contributed by atoms with Crippen LogP contribution in [0.2, 0.25) is 0 Å². The molecule has 0 radical (unpaired) electrons. The molecule has 76 valence electrons. The van der Waals surface area contributed by atoms with Gasteiger partial charge in [0.25, 0.3) is 5.56 Å². The zero-order valence-corrected chi connectivity index (χ0v) is 8.21. The summed E-state index contributed by atoms with van der Waals surface area (Å²) in [6, 6.07) is 3.94. The lowest BCUT2D eigenvalue weighted by Crippen LogP contribution is -2.11. The highest BCUT2D eigenvalue weighted by Crippen LogP contribution is 2.25. The van der Waals surface area contributed by atoms with E-state index in [0.29, 0.717) is 10.9 Å². The first-order valence-corrected chi connectivity index (χ1v) is 5.05. The Bertz CT molecular complexity index is 601. The van der Waals surface area contributed by atoms with Crippen molar-refractivity contribution in [2.24, 2.45) is 0 Å². The van der Waals surface area contributed by atoms with E-state index in [1.54, 1.807) is 0 Å². The van der Waals surface area contributed by atoms with E-state index in [4.69, 9.17) is 5.73 Å². The molecule has 1 aromatic heterocycles. The van der Waals surface area contributed by atoms with Crippen LogP contribution < -0.4 is 11.3 Å². The smallest absolute Gasteiger partial charge is 0.260 e. The van der Waals surface area contributed by atoms with Crippen molar-refractivity contribution in [3.05, 3.63) is 33.6 Å². The lowest BCUT2D eigenvalue weighted by atomic mass is 10.1. The molecule has 2 aromatic rings. The SMILES string of the molecule is Nc1nc2cc3c(cc2c(=O)[nH]1)CCC3. The van der Waals surface area contributed by atoms with Gasteiger partial charge in [-0.25, -0.2) is 4.98 Å². The molecule has 0 unspecified atom stereocenters. The molecule has 0 saturated carbocycles. The lowest BCUT2D eigenvalue weighted by molar-refractivity contribution is 0.912. The summed E-state index contributed by atoms with van der Waals surface area (Å²) < 4.78 is 0. The molecular formula is C11H11N3O. The van der Waals surface area contributed by atoms with E-state index in [-0.39, 0.29) is 11.5 Å². The number of fused-ring (bicyclic) bond motifs is 2. The minimum absolute atomic E-state index is 0.146. The fourth-order valence-electron chi connectivity index (χ4n) is 2.23. The van der Waals surface area contributed by atoms with Crippen LogP contribution in [0, 0.1) is 0 Å². The maximum absolute atomic E-state index is 11.6. The lowest BCUT2D eigenvalue weighted by Gasteiger charge is -2.02. The van der Waals surface area contributed by atoms with Gasteiger partial charge in [0, 0.05) is 0 Å². The molecule has 4 nitrogen and oxygen atoms in total. The van der Waals surface area contributed by atoms with E-state index in [9.17, 15) is 4.79 Å². The third kappa shape index (κ3) is 1.21. The van der Waals surface area contributed by atoms with Gasteiger partial charge >= 0.3 is 0 Å². The summed E-state index contributed by atoms with van der Waals surface area (Å²) in [5.74, 6) is 0.186. The molecule has 4 heteroatoms. The number of rotatable bonds is 0. The zero-order chi connectivity index (χ0) is 10.4. The second-order valence-corrected chi connectivity index (χ2v) is 3.94. The average molecular weight is 201 g/mol. The molecule has 15 heavy (non-hydrogen) atoms. The van der Waals surface area contributed by atoms with E-state index in [2.05, 4.69) is 9.97 Å². The first kappa shape index (κ1) is 8.47. The molecule has 0 spiro atoms. The largest absolute Gasteiger partial charge is 0.369 e. The molecule has 1 aliphatic carbocycles. The number of nitrogens with two attached hydrogens (primary N) is 1. The van der Waals surface area contributed by atoms with Gasteiger partial charge in [0.15, 0.2) is 0 Å². The van der Waals surface area contributed by atoms with Crippen LogP contribution in [-0.2, 0) is 12.8 Å². The van der Waals surface area contributed by atoms with Gasteiger partial charge in [-0.15, -0.1) is 0 Å². The molecule has 0 bridgehead atoms. The summed E-state index contributed by atoms with van der Waals surface area (Å²) in [7, 11) is 0. The second-order valence-electron chi connectivity index (χ2n) is 3.94. The summed E-state index contributed by atoms with van der Waals surface area (Å²) in [6.07, 6.45) is 3.31. The quantitative estimate of drug-likeness (QED) is 0.667. The Morgan fingerprint density at radius 1 is 1.27 bits per heavy atom. The highest BCUT2D eigenvalue weighted by atomic mass is 16.1. The molecule has 1 aromatic carbocycles. The van der Waals surface area contributed by atoms with Crippen molar-refractivity contribution in [2.45, 2.75) is 19.3 Å². The normalized spacial score (nSPS) is 14.4. The number of aromatic nitrogens is 2. The molecular weight excluding hydrogens is 190 g/mol. The molecule has 0 atom stereocenters. The predicted octanol–water partition coefficient (Wildman–Crippen LogP) is 0.994. The Labute approximate surface area is 86.1 Å². The monoisotopic (exact) mass is 201 g/mol. The molecule has 0 fully saturated rings. The summed E-state index contributed by atoms with van der Waals surface area (Å²) >= 11 is 0. The molecule has 0 saturated heterocycles. The van der Waals surface area contributed by atoms with Crippen molar-refractivity contribution in [2.75, 3.05) is 5.73 Å². The number of hydrogen-bond donors (Lipinski definition) is 2. The predicted molar refractivity (Wildman–Crippen MR) is 58.8 cm³/mol. The minimum Gasteiger partial charge on any atom is -0.369 e. The van der Waals surface area contributed by atoms with Crippen LogP contribution >= 0.6 is 0 Å². The Kier molecular flexibility index (Phi) is 1.59. The number of H-pyrrole nitrogens is 1. The molecule has 0 aliphatic heterocycles. The van der Waals surface area contributed by atoms with E-state index in [0.717, 1.165) is 12.8 Å². The number of aryl methyl sites for hydroxylation is 2. The maximum Gasteiger partial charge on any atom is 0.260 e. The third-order valence-electron chi connectivity index (χ3n) is 2.94. The van der Waals surface area contributed by atoms with Gasteiger partial charge in [-0.2, -0.15) is 0 Å². The van der Waals surface area contributed by atoms with Crippen LogP contribution in [-0.4, -0.2) is 9.97 Å². The van der Waals surface area contributed by atoms with E-state index in [1.165, 1.54) is 17.5 Å². The fraction of sp³-hybridized carbons (Fsp3) is 0.273. The van der Waals surface area contributed by atoms with Gasteiger partial charge in [0.2, 0.25) is 5.95 Å². The van der Waals surface area contributed by atoms with Crippen molar-refractivity contribution in [1.82, 2.24) is 9.97 Å². The molecule has 3 rings (SSSR count). The van der Waals surface area contributed by atoms with Crippen molar-refractivity contribution < 1.29 is 0 Å². The number of nitrogens with one attached hydrogen (secondary N) is 1.